The van der Waals surface area contributed by atoms with Gasteiger partial charge in [-0.2, -0.15) is 5.10 Å². The lowest BCUT2D eigenvalue weighted by molar-refractivity contribution is 0.350. The van der Waals surface area contributed by atoms with Gasteiger partial charge in [0.1, 0.15) is 5.52 Å². The number of nitrogens with zero attached hydrogens (tertiary/aromatic N) is 3. The van der Waals surface area contributed by atoms with Gasteiger partial charge in [0.25, 0.3) is 5.56 Å². The average molecular weight is 393 g/mol. The van der Waals surface area contributed by atoms with Gasteiger partial charge < -0.3 is 10.6 Å². The van der Waals surface area contributed by atoms with E-state index >= 15 is 0 Å². The molecule has 1 saturated heterocycles. The number of hydrogen-bond acceptors (Lipinski definition) is 5. The van der Waals surface area contributed by atoms with Gasteiger partial charge in [-0.05, 0) is 43.6 Å². The Kier molecular flexibility index (Phi) is 4.84. The van der Waals surface area contributed by atoms with Crippen molar-refractivity contribution in [2.75, 3.05) is 18.4 Å². The molecule has 3 aromatic rings. The van der Waals surface area contributed by atoms with Gasteiger partial charge in [0, 0.05) is 6.54 Å². The van der Waals surface area contributed by atoms with Gasteiger partial charge in [-0.15, -0.1) is 0 Å². The molecule has 1 aromatic carbocycles. The summed E-state index contributed by atoms with van der Waals surface area (Å²) in [5.74, 6) is 0.401. The predicted molar refractivity (Wildman–Crippen MR) is 103 cm³/mol. The number of benzene rings is 1. The van der Waals surface area contributed by atoms with Crippen LogP contribution in [-0.2, 0) is 6.54 Å². The lowest BCUT2D eigenvalue weighted by Crippen LogP contribution is -2.30. The quantitative estimate of drug-likeness (QED) is 0.635. The first-order valence-corrected chi connectivity index (χ1v) is 9.23. The molecule has 3 N–H and O–H groups in total. The van der Waals surface area contributed by atoms with Gasteiger partial charge in [0.2, 0.25) is 5.95 Å². The van der Waals surface area contributed by atoms with E-state index in [1.54, 1.807) is 18.3 Å². The fraction of sp³-hybridized carbons (Fsp3) is 0.353. The minimum Gasteiger partial charge on any atom is -0.352 e. The van der Waals surface area contributed by atoms with Crippen LogP contribution in [0.5, 0.6) is 0 Å². The molecule has 7 nitrogen and oxygen atoms in total. The van der Waals surface area contributed by atoms with Crippen LogP contribution >= 0.6 is 23.2 Å². The third-order valence-electron chi connectivity index (χ3n) is 4.55. The first-order chi connectivity index (χ1) is 12.6. The normalized spacial score (nSPS) is 15.5. The standard InChI is InChI=1S/C17H18Cl2N6O/c18-12-2-1-10(7-13(12)19)8-21-17-23-14-9-22-25(15(14)16(26)24-17)11-3-5-20-6-4-11/h1-2,7,9,11,20H,3-6,8H2,(H2,21,23,24,26). The second-order valence-corrected chi connectivity index (χ2v) is 7.14. The molecule has 0 bridgehead atoms. The summed E-state index contributed by atoms with van der Waals surface area (Å²) in [4.78, 5) is 19.9. The van der Waals surface area contributed by atoms with Crippen LogP contribution in [0.15, 0.2) is 29.2 Å². The van der Waals surface area contributed by atoms with Gasteiger partial charge in [-0.3, -0.25) is 14.5 Å². The Morgan fingerprint density at radius 3 is 2.81 bits per heavy atom. The molecule has 0 amide bonds. The smallest absolute Gasteiger partial charge is 0.278 e. The molecule has 26 heavy (non-hydrogen) atoms. The minimum absolute atomic E-state index is 0.192. The zero-order chi connectivity index (χ0) is 18.1. The summed E-state index contributed by atoms with van der Waals surface area (Å²) in [6.45, 7) is 2.33. The molecule has 0 saturated carbocycles. The van der Waals surface area contributed by atoms with Gasteiger partial charge >= 0.3 is 0 Å². The molecule has 0 atom stereocenters. The Balaban J connectivity index is 1.57. The van der Waals surface area contributed by atoms with Gasteiger partial charge in [0.15, 0.2) is 5.52 Å². The van der Waals surface area contributed by atoms with E-state index in [1.165, 1.54) is 0 Å². The number of nitrogens with one attached hydrogen (secondary N) is 3. The number of H-pyrrole nitrogens is 1. The highest BCUT2D eigenvalue weighted by atomic mass is 35.5. The number of anilines is 1. The number of halogens is 2. The highest BCUT2D eigenvalue weighted by Crippen LogP contribution is 2.23. The zero-order valence-corrected chi connectivity index (χ0v) is 15.4. The molecule has 1 fully saturated rings. The predicted octanol–water partition coefficient (Wildman–Crippen LogP) is 2.96. The van der Waals surface area contributed by atoms with E-state index < -0.39 is 0 Å². The zero-order valence-electron chi connectivity index (χ0n) is 13.9. The van der Waals surface area contributed by atoms with E-state index in [9.17, 15) is 4.79 Å². The Labute approximate surface area is 159 Å². The van der Waals surface area contributed by atoms with Crippen LogP contribution in [0.4, 0.5) is 5.95 Å². The Morgan fingerprint density at radius 1 is 1.23 bits per heavy atom. The highest BCUT2D eigenvalue weighted by molar-refractivity contribution is 6.42. The summed E-state index contributed by atoms with van der Waals surface area (Å²) in [7, 11) is 0. The van der Waals surface area contributed by atoms with Crippen molar-refractivity contribution in [1.29, 1.82) is 0 Å². The van der Waals surface area contributed by atoms with Crippen molar-refractivity contribution < 1.29 is 0 Å². The Bertz CT molecular complexity index is 993. The highest BCUT2D eigenvalue weighted by Gasteiger charge is 2.20. The molecular weight excluding hydrogens is 375 g/mol. The third kappa shape index (κ3) is 3.42. The van der Waals surface area contributed by atoms with Crippen LogP contribution in [0, 0.1) is 0 Å². The summed E-state index contributed by atoms with van der Waals surface area (Å²) in [5.41, 5.74) is 1.86. The first-order valence-electron chi connectivity index (χ1n) is 8.48. The van der Waals surface area contributed by atoms with Crippen LogP contribution < -0.4 is 16.2 Å². The summed E-state index contributed by atoms with van der Waals surface area (Å²) in [6, 6.07) is 5.62. The maximum atomic E-state index is 12.6. The van der Waals surface area contributed by atoms with Crippen molar-refractivity contribution in [1.82, 2.24) is 25.1 Å². The molecule has 1 aliphatic heterocycles. The number of piperidine rings is 1. The van der Waals surface area contributed by atoms with E-state index in [4.69, 9.17) is 23.2 Å². The summed E-state index contributed by atoms with van der Waals surface area (Å²) in [5, 5.41) is 11.8. The number of aromatic nitrogens is 4. The third-order valence-corrected chi connectivity index (χ3v) is 5.29. The molecule has 0 aliphatic carbocycles. The molecular formula is C17H18Cl2N6O. The summed E-state index contributed by atoms with van der Waals surface area (Å²) in [6.07, 6.45) is 3.55. The Hall–Kier alpha value is -2.09. The van der Waals surface area contributed by atoms with Crippen LogP contribution in [0.3, 0.4) is 0 Å². The van der Waals surface area contributed by atoms with Crippen molar-refractivity contribution in [3.8, 4) is 0 Å². The lowest BCUT2D eigenvalue weighted by Gasteiger charge is -2.23. The van der Waals surface area contributed by atoms with Crippen LogP contribution in [0.2, 0.25) is 10.0 Å². The maximum absolute atomic E-state index is 12.6. The minimum atomic E-state index is -0.192. The second kappa shape index (κ2) is 7.26. The fourth-order valence-corrected chi connectivity index (χ4v) is 3.54. The van der Waals surface area contributed by atoms with Crippen molar-refractivity contribution in [2.24, 2.45) is 0 Å². The fourth-order valence-electron chi connectivity index (χ4n) is 3.22. The van der Waals surface area contributed by atoms with Crippen LogP contribution in [0.1, 0.15) is 24.4 Å². The van der Waals surface area contributed by atoms with Crippen molar-refractivity contribution >= 4 is 40.2 Å². The van der Waals surface area contributed by atoms with Crippen molar-refractivity contribution in [2.45, 2.75) is 25.4 Å². The van der Waals surface area contributed by atoms with E-state index in [1.807, 2.05) is 10.7 Å². The molecule has 1 aliphatic rings. The van der Waals surface area contributed by atoms with E-state index in [0.717, 1.165) is 31.5 Å². The van der Waals surface area contributed by atoms with Crippen LogP contribution in [-0.4, -0.2) is 32.8 Å². The number of rotatable bonds is 4. The van der Waals surface area contributed by atoms with Crippen molar-refractivity contribution in [3.05, 3.63) is 50.4 Å². The number of fused-ring (bicyclic) bond motifs is 1. The van der Waals surface area contributed by atoms with Gasteiger partial charge in [-0.25, -0.2) is 4.98 Å². The lowest BCUT2D eigenvalue weighted by atomic mass is 10.1. The van der Waals surface area contributed by atoms with Gasteiger partial charge in [0.05, 0.1) is 22.3 Å². The molecule has 4 rings (SSSR count). The summed E-state index contributed by atoms with van der Waals surface area (Å²) < 4.78 is 1.81. The topological polar surface area (TPSA) is 87.6 Å². The second-order valence-electron chi connectivity index (χ2n) is 6.32. The SMILES string of the molecule is O=c1[nH]c(NCc2ccc(Cl)c(Cl)c2)nc2cnn(C3CCNCC3)c12. The monoisotopic (exact) mass is 392 g/mol. The van der Waals surface area contributed by atoms with E-state index in [2.05, 4.69) is 25.7 Å². The van der Waals surface area contributed by atoms with Crippen LogP contribution in [0.25, 0.3) is 11.0 Å². The van der Waals surface area contributed by atoms with Gasteiger partial charge in [-0.1, -0.05) is 29.3 Å². The molecule has 136 valence electrons. The molecule has 0 spiro atoms. The average Bonchev–Trinajstić information content (AvgIpc) is 3.08. The molecule has 0 unspecified atom stereocenters. The first kappa shape index (κ1) is 17.3. The number of aromatic amines is 1. The van der Waals surface area contributed by atoms with Crippen molar-refractivity contribution in [3.63, 3.8) is 0 Å². The Morgan fingerprint density at radius 2 is 2.04 bits per heavy atom. The molecule has 0 radical (unpaired) electrons. The molecule has 2 aromatic heterocycles. The molecule has 3 heterocycles. The largest absolute Gasteiger partial charge is 0.352 e. The maximum Gasteiger partial charge on any atom is 0.278 e. The number of hydrogen-bond donors (Lipinski definition) is 3. The molecule has 9 heteroatoms. The van der Waals surface area contributed by atoms with E-state index in [0.29, 0.717) is 33.6 Å². The summed E-state index contributed by atoms with van der Waals surface area (Å²) >= 11 is 12.0. The van der Waals surface area contributed by atoms with E-state index in [-0.39, 0.29) is 11.6 Å².